The number of nitro benzene ring substituents is 1. The molecule has 1 atom stereocenters. The molecule has 1 amide bonds. The molecule has 2 aliphatic carbocycles. The molecule has 2 saturated carbocycles. The van der Waals surface area contributed by atoms with E-state index in [1.165, 1.54) is 17.8 Å². The summed E-state index contributed by atoms with van der Waals surface area (Å²) in [6.07, 6.45) is 4.47. The molecule has 1 heterocycles. The lowest BCUT2D eigenvalue weighted by Gasteiger charge is -2.17. The second-order valence-corrected chi connectivity index (χ2v) is 9.46. The molecule has 0 saturated heterocycles. The number of nitro groups is 1. The Labute approximate surface area is 189 Å². The molecular formula is C23H23N5O3S. The molecular weight excluding hydrogens is 426 g/mol. The van der Waals surface area contributed by atoms with E-state index in [1.54, 1.807) is 19.1 Å². The first-order valence-corrected chi connectivity index (χ1v) is 11.6. The number of carbonyl (C=O) groups is 1. The molecule has 0 spiro atoms. The predicted molar refractivity (Wildman–Crippen MR) is 122 cm³/mol. The molecule has 2 aromatic carbocycles. The van der Waals surface area contributed by atoms with Gasteiger partial charge in [0.25, 0.3) is 5.69 Å². The Kier molecular flexibility index (Phi) is 5.42. The van der Waals surface area contributed by atoms with Gasteiger partial charge in [0, 0.05) is 18.0 Å². The van der Waals surface area contributed by atoms with E-state index in [0.29, 0.717) is 12.0 Å². The lowest BCUT2D eigenvalue weighted by atomic mass is 10.1. The summed E-state index contributed by atoms with van der Waals surface area (Å²) in [6.45, 7) is 1.78. The van der Waals surface area contributed by atoms with Gasteiger partial charge < -0.3 is 9.88 Å². The molecule has 1 N–H and O–H groups in total. The second-order valence-electron chi connectivity index (χ2n) is 8.39. The Balaban J connectivity index is 1.47. The summed E-state index contributed by atoms with van der Waals surface area (Å²) in [4.78, 5) is 24.5. The van der Waals surface area contributed by atoms with E-state index in [4.69, 9.17) is 0 Å². The van der Waals surface area contributed by atoms with Crippen molar-refractivity contribution in [1.82, 2.24) is 14.8 Å². The van der Waals surface area contributed by atoms with Gasteiger partial charge in [0.15, 0.2) is 5.16 Å². The summed E-state index contributed by atoms with van der Waals surface area (Å²) < 4.78 is 2.21. The molecule has 32 heavy (non-hydrogen) atoms. The number of benzene rings is 2. The van der Waals surface area contributed by atoms with Gasteiger partial charge in [-0.15, -0.1) is 10.2 Å². The minimum Gasteiger partial charge on any atom is -0.319 e. The number of aromatic nitrogens is 3. The molecule has 9 heteroatoms. The van der Waals surface area contributed by atoms with E-state index in [-0.39, 0.29) is 17.3 Å². The number of thioether (sulfide) groups is 1. The van der Waals surface area contributed by atoms with Crippen molar-refractivity contribution < 1.29 is 9.72 Å². The smallest absolute Gasteiger partial charge is 0.293 e. The van der Waals surface area contributed by atoms with Crippen LogP contribution in [0.1, 0.15) is 59.8 Å². The van der Waals surface area contributed by atoms with Crippen molar-refractivity contribution in [2.75, 3.05) is 5.32 Å². The van der Waals surface area contributed by atoms with Gasteiger partial charge in [-0.3, -0.25) is 14.9 Å². The summed E-state index contributed by atoms with van der Waals surface area (Å²) in [5.74, 6) is 1.17. The zero-order valence-electron chi connectivity index (χ0n) is 17.6. The average Bonchev–Trinajstić information content (AvgIpc) is 3.72. The molecule has 1 aromatic heterocycles. The van der Waals surface area contributed by atoms with Crippen LogP contribution in [-0.2, 0) is 4.79 Å². The molecule has 2 aliphatic rings. The van der Waals surface area contributed by atoms with Crippen molar-refractivity contribution in [3.8, 4) is 0 Å². The first-order valence-electron chi connectivity index (χ1n) is 10.7. The Morgan fingerprint density at radius 1 is 1.16 bits per heavy atom. The van der Waals surface area contributed by atoms with Gasteiger partial charge in [-0.2, -0.15) is 0 Å². The van der Waals surface area contributed by atoms with Crippen LogP contribution in [0.4, 0.5) is 11.4 Å². The zero-order valence-corrected chi connectivity index (χ0v) is 18.4. The normalized spacial score (nSPS) is 16.5. The van der Waals surface area contributed by atoms with Gasteiger partial charge in [-0.25, -0.2) is 0 Å². The van der Waals surface area contributed by atoms with Gasteiger partial charge in [0.05, 0.1) is 4.92 Å². The summed E-state index contributed by atoms with van der Waals surface area (Å²) in [6, 6.07) is 14.6. The maximum Gasteiger partial charge on any atom is 0.293 e. The Bertz CT molecular complexity index is 1170. The van der Waals surface area contributed by atoms with Crippen molar-refractivity contribution in [3.05, 3.63) is 75.6 Å². The highest BCUT2D eigenvalue weighted by Gasteiger charge is 2.37. The molecule has 3 aromatic rings. The quantitative estimate of drug-likeness (QED) is 0.289. The number of carbonyl (C=O) groups excluding carboxylic acids is 1. The summed E-state index contributed by atoms with van der Waals surface area (Å²) >= 11 is 1.35. The van der Waals surface area contributed by atoms with Crippen LogP contribution < -0.4 is 5.32 Å². The Morgan fingerprint density at radius 2 is 1.91 bits per heavy atom. The van der Waals surface area contributed by atoms with Crippen molar-refractivity contribution in [2.24, 2.45) is 0 Å². The van der Waals surface area contributed by atoms with Gasteiger partial charge in [0.2, 0.25) is 5.91 Å². The van der Waals surface area contributed by atoms with Crippen LogP contribution in [0.3, 0.4) is 0 Å². The van der Waals surface area contributed by atoms with Crippen molar-refractivity contribution in [2.45, 2.75) is 55.0 Å². The van der Waals surface area contributed by atoms with Crippen LogP contribution in [0.15, 0.2) is 53.7 Å². The third-order valence-electron chi connectivity index (χ3n) is 5.72. The molecule has 1 unspecified atom stereocenters. The van der Waals surface area contributed by atoms with Crippen molar-refractivity contribution >= 4 is 29.0 Å². The number of aryl methyl sites for hydroxylation is 1. The number of amides is 1. The monoisotopic (exact) mass is 449 g/mol. The zero-order chi connectivity index (χ0) is 22.2. The average molecular weight is 450 g/mol. The first kappa shape index (κ1) is 20.7. The predicted octanol–water partition coefficient (Wildman–Crippen LogP) is 5.18. The van der Waals surface area contributed by atoms with Crippen LogP contribution in [0, 0.1) is 17.0 Å². The van der Waals surface area contributed by atoms with Crippen LogP contribution in [0.25, 0.3) is 0 Å². The molecule has 2 fully saturated rings. The third-order valence-corrected chi connectivity index (χ3v) is 6.93. The van der Waals surface area contributed by atoms with Crippen LogP contribution in [0.2, 0.25) is 0 Å². The topological polar surface area (TPSA) is 103 Å². The minimum absolute atomic E-state index is 0.118. The highest BCUT2D eigenvalue weighted by Crippen LogP contribution is 2.47. The van der Waals surface area contributed by atoms with Gasteiger partial charge in [-0.05, 0) is 49.8 Å². The van der Waals surface area contributed by atoms with Crippen molar-refractivity contribution in [1.29, 1.82) is 0 Å². The fourth-order valence-corrected chi connectivity index (χ4v) is 4.88. The van der Waals surface area contributed by atoms with E-state index in [2.05, 4.69) is 20.1 Å². The number of hydrogen-bond acceptors (Lipinski definition) is 6. The van der Waals surface area contributed by atoms with E-state index >= 15 is 0 Å². The third kappa shape index (κ3) is 4.25. The fourth-order valence-electron chi connectivity index (χ4n) is 3.77. The van der Waals surface area contributed by atoms with E-state index in [1.807, 2.05) is 30.3 Å². The summed E-state index contributed by atoms with van der Waals surface area (Å²) in [5.41, 5.74) is 1.64. The Hall–Kier alpha value is -3.20. The minimum atomic E-state index is -0.620. The first-order chi connectivity index (χ1) is 15.5. The molecule has 0 aliphatic heterocycles. The standard InChI is InChI=1S/C23H23N5O3S/c1-14-7-12-18(19(13-14)28(30)31)24-22(29)20(15-5-3-2-4-6-15)32-23-26-25-21(16-8-9-16)27(23)17-10-11-17/h2-7,12-13,16-17,20H,8-11H2,1H3,(H,24,29). The molecule has 8 nitrogen and oxygen atoms in total. The maximum atomic E-state index is 13.4. The van der Waals surface area contributed by atoms with E-state index in [9.17, 15) is 14.9 Å². The van der Waals surface area contributed by atoms with Crippen LogP contribution >= 0.6 is 11.8 Å². The van der Waals surface area contributed by atoms with Crippen molar-refractivity contribution in [3.63, 3.8) is 0 Å². The lowest BCUT2D eigenvalue weighted by Crippen LogP contribution is -2.20. The number of hydrogen-bond donors (Lipinski definition) is 1. The number of nitrogens with zero attached hydrogens (tertiary/aromatic N) is 4. The van der Waals surface area contributed by atoms with Crippen LogP contribution in [-0.4, -0.2) is 25.6 Å². The number of nitrogens with one attached hydrogen (secondary N) is 1. The van der Waals surface area contributed by atoms with Crippen LogP contribution in [0.5, 0.6) is 0 Å². The largest absolute Gasteiger partial charge is 0.319 e. The second kappa shape index (κ2) is 8.38. The van der Waals surface area contributed by atoms with E-state index < -0.39 is 10.2 Å². The highest BCUT2D eigenvalue weighted by molar-refractivity contribution is 8.00. The fraction of sp³-hybridized carbons (Fsp3) is 0.348. The highest BCUT2D eigenvalue weighted by atomic mass is 32.2. The number of anilines is 1. The summed E-state index contributed by atoms with van der Waals surface area (Å²) in [7, 11) is 0. The SMILES string of the molecule is Cc1ccc(NC(=O)C(Sc2nnc(C3CC3)n2C2CC2)c2ccccc2)c([N+](=O)[O-])c1. The van der Waals surface area contributed by atoms with Gasteiger partial charge in [-0.1, -0.05) is 48.2 Å². The molecule has 0 radical (unpaired) electrons. The number of rotatable bonds is 8. The Morgan fingerprint density at radius 3 is 2.56 bits per heavy atom. The lowest BCUT2D eigenvalue weighted by molar-refractivity contribution is -0.384. The molecule has 164 valence electrons. The summed E-state index contributed by atoms with van der Waals surface area (Å²) in [5, 5.41) is 23.3. The molecule has 0 bridgehead atoms. The van der Waals surface area contributed by atoms with Gasteiger partial charge >= 0.3 is 0 Å². The molecule has 5 rings (SSSR count). The van der Waals surface area contributed by atoms with E-state index in [0.717, 1.165) is 47.8 Å². The van der Waals surface area contributed by atoms with Gasteiger partial charge in [0.1, 0.15) is 16.8 Å². The maximum absolute atomic E-state index is 13.4.